The topological polar surface area (TPSA) is 52.0 Å². The maximum atomic E-state index is 9.36. The van der Waals surface area contributed by atoms with Crippen LogP contribution in [0.3, 0.4) is 0 Å². The molecule has 1 saturated heterocycles. The van der Waals surface area contributed by atoms with E-state index >= 15 is 0 Å². The highest BCUT2D eigenvalue weighted by Crippen LogP contribution is 2.25. The summed E-state index contributed by atoms with van der Waals surface area (Å²) >= 11 is 0. The van der Waals surface area contributed by atoms with E-state index in [1.54, 1.807) is 0 Å². The zero-order chi connectivity index (χ0) is 14.7. The molecule has 3 rings (SSSR count). The van der Waals surface area contributed by atoms with Gasteiger partial charge in [0.2, 0.25) is 0 Å². The smallest absolute Gasteiger partial charge is 0.144 e. The van der Waals surface area contributed by atoms with Gasteiger partial charge in [-0.3, -0.25) is 0 Å². The number of hydrogen-bond acceptors (Lipinski definition) is 4. The van der Waals surface area contributed by atoms with Crippen LogP contribution < -0.4 is 5.32 Å². The molecule has 112 valence electrons. The molecule has 1 aromatic heterocycles. The number of hydrogen-bond donors (Lipinski definition) is 1. The Kier molecular flexibility index (Phi) is 4.40. The highest BCUT2D eigenvalue weighted by molar-refractivity contribution is 5.54. The largest absolute Gasteiger partial charge is 0.369 e. The summed E-state index contributed by atoms with van der Waals surface area (Å²) in [5.41, 5.74) is 3.19. The van der Waals surface area contributed by atoms with Crippen LogP contribution in [0.4, 0.5) is 5.82 Å². The molecule has 0 aromatic carbocycles. The van der Waals surface area contributed by atoms with Gasteiger partial charge in [-0.1, -0.05) is 0 Å². The second-order valence-electron chi connectivity index (χ2n) is 6.44. The van der Waals surface area contributed by atoms with Crippen molar-refractivity contribution >= 4 is 5.82 Å². The van der Waals surface area contributed by atoms with Gasteiger partial charge in [0, 0.05) is 12.2 Å². The van der Waals surface area contributed by atoms with Crippen molar-refractivity contribution in [1.82, 2.24) is 9.88 Å². The molecule has 2 aliphatic rings. The predicted octanol–water partition coefficient (Wildman–Crippen LogP) is 2.59. The van der Waals surface area contributed by atoms with Gasteiger partial charge in [-0.2, -0.15) is 5.26 Å². The standard InChI is InChI=1S/C17H24N4/c1-21-8-6-13(7-9-21)12-19-17-15(11-18)10-14-4-2-3-5-16(14)20-17/h10,13H,2-9,12H2,1H3,(H,19,20). The minimum atomic E-state index is 0.700. The molecular formula is C17H24N4. The normalized spacial score (nSPS) is 19.8. The molecule has 1 N–H and O–H groups in total. The van der Waals surface area contributed by atoms with E-state index in [0.29, 0.717) is 11.5 Å². The lowest BCUT2D eigenvalue weighted by Crippen LogP contribution is -2.33. The van der Waals surface area contributed by atoms with Crippen molar-refractivity contribution in [1.29, 1.82) is 5.26 Å². The molecule has 0 amide bonds. The molecule has 0 atom stereocenters. The minimum Gasteiger partial charge on any atom is -0.369 e. The summed E-state index contributed by atoms with van der Waals surface area (Å²) < 4.78 is 0. The van der Waals surface area contributed by atoms with Crippen molar-refractivity contribution in [2.45, 2.75) is 38.5 Å². The average molecular weight is 284 g/mol. The number of likely N-dealkylation sites (tertiary alicyclic amines) is 1. The lowest BCUT2D eigenvalue weighted by molar-refractivity contribution is 0.226. The van der Waals surface area contributed by atoms with Crippen molar-refractivity contribution in [3.05, 3.63) is 22.9 Å². The first-order chi connectivity index (χ1) is 10.3. The Hall–Kier alpha value is -1.60. The Balaban J connectivity index is 1.68. The van der Waals surface area contributed by atoms with Crippen LogP contribution in [0.15, 0.2) is 6.07 Å². The van der Waals surface area contributed by atoms with Crippen molar-refractivity contribution in [3.8, 4) is 6.07 Å². The molecular weight excluding hydrogens is 260 g/mol. The van der Waals surface area contributed by atoms with Crippen LogP contribution in [0.1, 0.15) is 42.5 Å². The molecule has 0 spiro atoms. The van der Waals surface area contributed by atoms with E-state index < -0.39 is 0 Å². The number of anilines is 1. The molecule has 0 unspecified atom stereocenters. The average Bonchev–Trinajstić information content (AvgIpc) is 2.53. The van der Waals surface area contributed by atoms with Crippen molar-refractivity contribution < 1.29 is 0 Å². The number of aromatic nitrogens is 1. The van der Waals surface area contributed by atoms with Gasteiger partial charge in [0.1, 0.15) is 11.9 Å². The first kappa shape index (κ1) is 14.3. The van der Waals surface area contributed by atoms with Crippen LogP contribution in [0.2, 0.25) is 0 Å². The predicted molar refractivity (Wildman–Crippen MR) is 84.3 cm³/mol. The molecule has 1 aliphatic carbocycles. The number of nitrogens with zero attached hydrogens (tertiary/aromatic N) is 3. The van der Waals surface area contributed by atoms with Crippen LogP contribution in [0.25, 0.3) is 0 Å². The Bertz CT molecular complexity index is 538. The van der Waals surface area contributed by atoms with Gasteiger partial charge in [-0.05, 0) is 76.2 Å². The molecule has 21 heavy (non-hydrogen) atoms. The molecule has 0 saturated carbocycles. The van der Waals surface area contributed by atoms with Gasteiger partial charge in [0.25, 0.3) is 0 Å². The molecule has 1 aliphatic heterocycles. The van der Waals surface area contributed by atoms with E-state index in [2.05, 4.69) is 29.4 Å². The quantitative estimate of drug-likeness (QED) is 0.927. The Labute approximate surface area is 127 Å². The number of fused-ring (bicyclic) bond motifs is 1. The maximum Gasteiger partial charge on any atom is 0.144 e. The zero-order valence-electron chi connectivity index (χ0n) is 12.9. The van der Waals surface area contributed by atoms with E-state index in [4.69, 9.17) is 4.98 Å². The SMILES string of the molecule is CN1CCC(CNc2nc3c(cc2C#N)CCCC3)CC1. The summed E-state index contributed by atoms with van der Waals surface area (Å²) in [7, 11) is 2.18. The summed E-state index contributed by atoms with van der Waals surface area (Å²) in [6.07, 6.45) is 7.05. The molecule has 4 nitrogen and oxygen atoms in total. The zero-order valence-corrected chi connectivity index (χ0v) is 12.9. The van der Waals surface area contributed by atoms with Crippen LogP contribution in [-0.4, -0.2) is 36.6 Å². The van der Waals surface area contributed by atoms with Crippen LogP contribution in [0.5, 0.6) is 0 Å². The van der Waals surface area contributed by atoms with Crippen LogP contribution in [0, 0.1) is 17.2 Å². The third-order valence-corrected chi connectivity index (χ3v) is 4.82. The first-order valence-electron chi connectivity index (χ1n) is 8.11. The Morgan fingerprint density at radius 3 is 2.86 bits per heavy atom. The van der Waals surface area contributed by atoms with Gasteiger partial charge in [0.15, 0.2) is 0 Å². The third-order valence-electron chi connectivity index (χ3n) is 4.82. The summed E-state index contributed by atoms with van der Waals surface area (Å²) in [5, 5.41) is 12.8. The molecule has 0 bridgehead atoms. The van der Waals surface area contributed by atoms with Crippen molar-refractivity contribution in [2.24, 2.45) is 5.92 Å². The fourth-order valence-corrected chi connectivity index (χ4v) is 3.36. The number of aryl methyl sites for hydroxylation is 2. The van der Waals surface area contributed by atoms with E-state index in [1.165, 1.54) is 50.0 Å². The number of pyridine rings is 1. The van der Waals surface area contributed by atoms with Crippen molar-refractivity contribution in [3.63, 3.8) is 0 Å². The minimum absolute atomic E-state index is 0.700. The fraction of sp³-hybridized carbons (Fsp3) is 0.647. The second-order valence-corrected chi connectivity index (χ2v) is 6.44. The summed E-state index contributed by atoms with van der Waals surface area (Å²) in [6.45, 7) is 3.29. The molecule has 1 fully saturated rings. The monoisotopic (exact) mass is 284 g/mol. The lowest BCUT2D eigenvalue weighted by Gasteiger charge is -2.29. The molecule has 2 heterocycles. The van der Waals surface area contributed by atoms with E-state index in [1.807, 2.05) is 0 Å². The second kappa shape index (κ2) is 6.44. The van der Waals surface area contributed by atoms with Crippen LogP contribution >= 0.6 is 0 Å². The maximum absolute atomic E-state index is 9.36. The molecule has 4 heteroatoms. The van der Waals surface area contributed by atoms with Crippen LogP contribution in [-0.2, 0) is 12.8 Å². The highest BCUT2D eigenvalue weighted by atomic mass is 15.1. The van der Waals surface area contributed by atoms with Gasteiger partial charge in [0.05, 0.1) is 5.56 Å². The number of piperidine rings is 1. The Morgan fingerprint density at radius 2 is 2.10 bits per heavy atom. The molecule has 1 aromatic rings. The van der Waals surface area contributed by atoms with Crippen molar-refractivity contribution in [2.75, 3.05) is 32.0 Å². The highest BCUT2D eigenvalue weighted by Gasteiger charge is 2.18. The lowest BCUT2D eigenvalue weighted by atomic mass is 9.94. The first-order valence-corrected chi connectivity index (χ1v) is 8.11. The summed E-state index contributed by atoms with van der Waals surface area (Å²) in [5.74, 6) is 1.50. The fourth-order valence-electron chi connectivity index (χ4n) is 3.36. The van der Waals surface area contributed by atoms with E-state index in [-0.39, 0.29) is 0 Å². The number of nitrogens with one attached hydrogen (secondary N) is 1. The number of rotatable bonds is 3. The summed E-state index contributed by atoms with van der Waals surface area (Å²) in [6, 6.07) is 4.36. The Morgan fingerprint density at radius 1 is 1.33 bits per heavy atom. The van der Waals surface area contributed by atoms with E-state index in [9.17, 15) is 5.26 Å². The van der Waals surface area contributed by atoms with Gasteiger partial charge < -0.3 is 10.2 Å². The van der Waals surface area contributed by atoms with Gasteiger partial charge >= 0.3 is 0 Å². The third kappa shape index (κ3) is 3.36. The van der Waals surface area contributed by atoms with Gasteiger partial charge in [-0.15, -0.1) is 0 Å². The summed E-state index contributed by atoms with van der Waals surface area (Å²) in [4.78, 5) is 7.12. The van der Waals surface area contributed by atoms with E-state index in [0.717, 1.165) is 25.2 Å². The van der Waals surface area contributed by atoms with Gasteiger partial charge in [-0.25, -0.2) is 4.98 Å². The number of nitriles is 1. The molecule has 0 radical (unpaired) electrons.